The number of imidazole rings is 1. The van der Waals surface area contributed by atoms with Crippen LogP contribution in [0.1, 0.15) is 18.2 Å². The van der Waals surface area contributed by atoms with Gasteiger partial charge in [-0.05, 0) is 25.1 Å². The van der Waals surface area contributed by atoms with Crippen LogP contribution in [0, 0.1) is 5.82 Å². The van der Waals surface area contributed by atoms with Crippen LogP contribution in [0.3, 0.4) is 0 Å². The lowest BCUT2D eigenvalue weighted by molar-refractivity contribution is 0.453. The van der Waals surface area contributed by atoms with Gasteiger partial charge in [0.05, 0.1) is 6.33 Å². The average molecular weight is 298 g/mol. The van der Waals surface area contributed by atoms with Crippen LogP contribution in [-0.2, 0) is 12.0 Å². The number of hydrogen-bond acceptors (Lipinski definition) is 2. The van der Waals surface area contributed by atoms with Gasteiger partial charge in [0.15, 0.2) is 0 Å². The molecule has 0 saturated carbocycles. The molecule has 1 atom stereocenters. The minimum atomic E-state index is -0.777. The molecule has 0 aliphatic heterocycles. The first-order valence-electron chi connectivity index (χ1n) is 5.21. The van der Waals surface area contributed by atoms with Gasteiger partial charge in [-0.1, -0.05) is 15.9 Å². The predicted molar refractivity (Wildman–Crippen MR) is 67.9 cm³/mol. The van der Waals surface area contributed by atoms with E-state index in [1.165, 1.54) is 6.07 Å². The van der Waals surface area contributed by atoms with E-state index in [-0.39, 0.29) is 5.82 Å². The van der Waals surface area contributed by atoms with Gasteiger partial charge in [-0.25, -0.2) is 9.37 Å². The van der Waals surface area contributed by atoms with Gasteiger partial charge in [0.2, 0.25) is 0 Å². The molecule has 0 saturated heterocycles. The Morgan fingerprint density at radius 1 is 1.53 bits per heavy atom. The molecule has 0 amide bonds. The van der Waals surface area contributed by atoms with Crippen molar-refractivity contribution in [2.45, 2.75) is 18.9 Å². The quantitative estimate of drug-likeness (QED) is 0.915. The fourth-order valence-electron chi connectivity index (χ4n) is 1.81. The summed E-state index contributed by atoms with van der Waals surface area (Å²) in [5.74, 6) is -0.294. The van der Waals surface area contributed by atoms with Crippen molar-refractivity contribution in [1.29, 1.82) is 0 Å². The van der Waals surface area contributed by atoms with E-state index in [2.05, 4.69) is 25.9 Å². The molecule has 0 aliphatic carbocycles. The summed E-state index contributed by atoms with van der Waals surface area (Å²) in [4.78, 5) is 6.90. The van der Waals surface area contributed by atoms with E-state index in [9.17, 15) is 4.39 Å². The molecule has 1 aromatic heterocycles. The van der Waals surface area contributed by atoms with Crippen LogP contribution >= 0.6 is 15.9 Å². The number of nitrogens with one attached hydrogen (secondary N) is 1. The fourth-order valence-corrected chi connectivity index (χ4v) is 2.17. The maximum atomic E-state index is 13.8. The molecule has 0 bridgehead atoms. The van der Waals surface area contributed by atoms with Gasteiger partial charge in [-0.15, -0.1) is 0 Å². The number of benzene rings is 1. The SMILES string of the molecule is CC(N)(Cc1cnc[nH]1)c1cc(Br)ccc1F. The monoisotopic (exact) mass is 297 g/mol. The first-order chi connectivity index (χ1) is 7.99. The number of aromatic nitrogens is 2. The van der Waals surface area contributed by atoms with E-state index in [4.69, 9.17) is 5.73 Å². The second kappa shape index (κ2) is 4.58. The van der Waals surface area contributed by atoms with E-state index in [0.29, 0.717) is 12.0 Å². The zero-order chi connectivity index (χ0) is 12.5. The molecule has 0 radical (unpaired) electrons. The molecule has 0 fully saturated rings. The molecule has 2 rings (SSSR count). The highest BCUT2D eigenvalue weighted by molar-refractivity contribution is 9.10. The lowest BCUT2D eigenvalue weighted by atomic mass is 9.88. The molecule has 3 N–H and O–H groups in total. The van der Waals surface area contributed by atoms with Crippen molar-refractivity contribution >= 4 is 15.9 Å². The van der Waals surface area contributed by atoms with Crippen molar-refractivity contribution in [3.8, 4) is 0 Å². The first-order valence-corrected chi connectivity index (χ1v) is 6.00. The van der Waals surface area contributed by atoms with Gasteiger partial charge >= 0.3 is 0 Å². The van der Waals surface area contributed by atoms with Crippen LogP contribution in [0.15, 0.2) is 35.2 Å². The lowest BCUT2D eigenvalue weighted by Crippen LogP contribution is -2.36. The van der Waals surface area contributed by atoms with Gasteiger partial charge in [0, 0.05) is 33.9 Å². The highest BCUT2D eigenvalue weighted by atomic mass is 79.9. The Labute approximate surface area is 107 Å². The summed E-state index contributed by atoms with van der Waals surface area (Å²) in [6, 6.07) is 4.79. The minimum Gasteiger partial charge on any atom is -0.348 e. The summed E-state index contributed by atoms with van der Waals surface area (Å²) >= 11 is 3.32. The second-order valence-electron chi connectivity index (χ2n) is 4.30. The minimum absolute atomic E-state index is 0.294. The van der Waals surface area contributed by atoms with Crippen LogP contribution in [0.5, 0.6) is 0 Å². The third-order valence-corrected chi connectivity index (χ3v) is 3.15. The van der Waals surface area contributed by atoms with Gasteiger partial charge in [0.1, 0.15) is 5.82 Å². The summed E-state index contributed by atoms with van der Waals surface area (Å²) < 4.78 is 14.6. The van der Waals surface area contributed by atoms with Gasteiger partial charge < -0.3 is 10.7 Å². The predicted octanol–water partition coefficient (Wildman–Crippen LogP) is 2.73. The van der Waals surface area contributed by atoms with Gasteiger partial charge in [-0.3, -0.25) is 0 Å². The molecule has 17 heavy (non-hydrogen) atoms. The molecular weight excluding hydrogens is 285 g/mol. The maximum absolute atomic E-state index is 13.8. The highest BCUT2D eigenvalue weighted by Crippen LogP contribution is 2.27. The summed E-state index contributed by atoms with van der Waals surface area (Å²) in [6.45, 7) is 1.80. The third-order valence-electron chi connectivity index (χ3n) is 2.66. The maximum Gasteiger partial charge on any atom is 0.128 e. The van der Waals surface area contributed by atoms with Crippen molar-refractivity contribution in [1.82, 2.24) is 9.97 Å². The zero-order valence-corrected chi connectivity index (χ0v) is 11.0. The molecule has 3 nitrogen and oxygen atoms in total. The summed E-state index contributed by atoms with van der Waals surface area (Å²) in [7, 11) is 0. The highest BCUT2D eigenvalue weighted by Gasteiger charge is 2.26. The number of rotatable bonds is 3. The second-order valence-corrected chi connectivity index (χ2v) is 5.21. The lowest BCUT2D eigenvalue weighted by Gasteiger charge is -2.25. The molecular formula is C12H13BrFN3. The van der Waals surface area contributed by atoms with Crippen molar-refractivity contribution in [2.24, 2.45) is 5.73 Å². The average Bonchev–Trinajstić information content (AvgIpc) is 2.73. The van der Waals surface area contributed by atoms with Crippen LogP contribution in [-0.4, -0.2) is 9.97 Å². The largest absolute Gasteiger partial charge is 0.348 e. The van der Waals surface area contributed by atoms with Crippen molar-refractivity contribution < 1.29 is 4.39 Å². The van der Waals surface area contributed by atoms with Gasteiger partial charge in [0.25, 0.3) is 0 Å². The smallest absolute Gasteiger partial charge is 0.128 e. The Bertz CT molecular complexity index is 508. The summed E-state index contributed by atoms with van der Waals surface area (Å²) in [6.07, 6.45) is 3.78. The van der Waals surface area contributed by atoms with Crippen LogP contribution in [0.25, 0.3) is 0 Å². The summed E-state index contributed by atoms with van der Waals surface area (Å²) in [5, 5.41) is 0. The molecule has 1 aromatic carbocycles. The first kappa shape index (κ1) is 12.3. The van der Waals surface area contributed by atoms with Gasteiger partial charge in [-0.2, -0.15) is 0 Å². The molecule has 2 aromatic rings. The molecule has 90 valence electrons. The van der Waals surface area contributed by atoms with Crippen LogP contribution in [0.4, 0.5) is 4.39 Å². The summed E-state index contributed by atoms with van der Waals surface area (Å²) in [5.41, 5.74) is 6.78. The Morgan fingerprint density at radius 3 is 2.94 bits per heavy atom. The number of nitrogens with zero attached hydrogens (tertiary/aromatic N) is 1. The van der Waals surface area contributed by atoms with Crippen LogP contribution < -0.4 is 5.73 Å². The van der Waals surface area contributed by atoms with E-state index >= 15 is 0 Å². The molecule has 0 spiro atoms. The van der Waals surface area contributed by atoms with Crippen LogP contribution in [0.2, 0.25) is 0 Å². The molecule has 1 heterocycles. The van der Waals surface area contributed by atoms with E-state index in [0.717, 1.165) is 10.2 Å². The van der Waals surface area contributed by atoms with Crippen molar-refractivity contribution in [3.05, 3.63) is 52.3 Å². The molecule has 1 unspecified atom stereocenters. The van der Waals surface area contributed by atoms with E-state index in [1.54, 1.807) is 31.6 Å². The molecule has 0 aliphatic rings. The van der Waals surface area contributed by atoms with Crippen molar-refractivity contribution in [2.75, 3.05) is 0 Å². The fraction of sp³-hybridized carbons (Fsp3) is 0.250. The topological polar surface area (TPSA) is 54.7 Å². The number of nitrogens with two attached hydrogens (primary N) is 1. The Kier molecular flexibility index (Phi) is 3.31. The number of hydrogen-bond donors (Lipinski definition) is 2. The standard InChI is InChI=1S/C12H13BrFN3/c1-12(15,5-9-6-16-7-17-9)10-4-8(13)2-3-11(10)14/h2-4,6-7H,5,15H2,1H3,(H,16,17). The number of halogens is 2. The van der Waals surface area contributed by atoms with E-state index in [1.807, 2.05) is 0 Å². The molecule has 5 heteroatoms. The Hall–Kier alpha value is -1.20. The third kappa shape index (κ3) is 2.73. The van der Waals surface area contributed by atoms with Crippen molar-refractivity contribution in [3.63, 3.8) is 0 Å². The number of aromatic amines is 1. The Balaban J connectivity index is 2.33. The normalized spacial score (nSPS) is 14.6. The van der Waals surface area contributed by atoms with E-state index < -0.39 is 5.54 Å². The Morgan fingerprint density at radius 2 is 2.29 bits per heavy atom. The number of H-pyrrole nitrogens is 1. The zero-order valence-electron chi connectivity index (χ0n) is 9.37.